The molecule has 0 heterocycles. The third-order valence-electron chi connectivity index (χ3n) is 2.09. The normalized spacial score (nSPS) is 9.00. The molecule has 1 aromatic rings. The minimum atomic E-state index is -1.06. The summed E-state index contributed by atoms with van der Waals surface area (Å²) in [5.41, 5.74) is 0.167. The summed E-state index contributed by atoms with van der Waals surface area (Å²) in [4.78, 5) is 30.9. The van der Waals surface area contributed by atoms with Gasteiger partial charge < -0.3 is 20.1 Å². The summed E-state index contributed by atoms with van der Waals surface area (Å²) in [6.45, 7) is 3.51. The summed E-state index contributed by atoms with van der Waals surface area (Å²) in [5.74, 6) is -2.57. The Hall–Kier alpha value is -2.67. The van der Waals surface area contributed by atoms with Crippen molar-refractivity contribution in [3.8, 4) is 0 Å². The van der Waals surface area contributed by atoms with E-state index in [0.717, 1.165) is 6.08 Å². The minimum Gasteiger partial charge on any atom is -0.478 e. The first-order chi connectivity index (χ1) is 9.92. The zero-order valence-corrected chi connectivity index (χ0v) is 11.2. The van der Waals surface area contributed by atoms with E-state index in [0.29, 0.717) is 6.42 Å². The molecule has 0 bridgehead atoms. The molecule has 1 aromatic carbocycles. The molecule has 3 N–H and O–H groups in total. The Bertz CT molecular complexity index is 458. The highest BCUT2D eigenvalue weighted by atomic mass is 16.5. The zero-order valence-electron chi connectivity index (χ0n) is 11.2. The van der Waals surface area contributed by atoms with Crippen molar-refractivity contribution in [3.05, 3.63) is 48.0 Å². The van der Waals surface area contributed by atoms with Gasteiger partial charge in [-0.25, -0.2) is 14.4 Å². The van der Waals surface area contributed by atoms with Gasteiger partial charge in [0.2, 0.25) is 0 Å². The second-order valence-corrected chi connectivity index (χ2v) is 3.64. The number of hydrogen-bond acceptors (Lipinski definition) is 5. The second-order valence-electron chi connectivity index (χ2n) is 3.64. The number of hydrogen-bond donors (Lipinski definition) is 3. The number of aliphatic hydroxyl groups excluding tert-OH is 1. The molecule has 0 saturated carbocycles. The van der Waals surface area contributed by atoms with Crippen molar-refractivity contribution in [2.45, 2.75) is 6.42 Å². The fourth-order valence-electron chi connectivity index (χ4n) is 1.05. The monoisotopic (exact) mass is 296 g/mol. The van der Waals surface area contributed by atoms with E-state index in [9.17, 15) is 14.4 Å². The molecule has 114 valence electrons. The predicted octanol–water partition coefficient (Wildman–Crippen LogP) is 1.18. The Labute approximate surface area is 121 Å². The van der Waals surface area contributed by atoms with Crippen molar-refractivity contribution in [1.29, 1.82) is 0 Å². The van der Waals surface area contributed by atoms with Crippen LogP contribution in [0.5, 0.6) is 0 Å². The third kappa shape index (κ3) is 8.17. The van der Waals surface area contributed by atoms with Gasteiger partial charge in [-0.05, 0) is 24.3 Å². The first-order valence-corrected chi connectivity index (χ1v) is 5.89. The second kappa shape index (κ2) is 10.2. The number of rotatable bonds is 6. The predicted molar refractivity (Wildman–Crippen MR) is 73.2 cm³/mol. The van der Waals surface area contributed by atoms with Gasteiger partial charge in [0.1, 0.15) is 0 Å². The quantitative estimate of drug-likeness (QED) is 0.409. The van der Waals surface area contributed by atoms with Crippen LogP contribution in [0.4, 0.5) is 0 Å². The molecule has 7 nitrogen and oxygen atoms in total. The van der Waals surface area contributed by atoms with Crippen LogP contribution in [-0.2, 0) is 9.53 Å². The highest BCUT2D eigenvalue weighted by Crippen LogP contribution is 2.03. The summed E-state index contributed by atoms with van der Waals surface area (Å²) in [6, 6.07) is 5.02. The number of carbonyl (C=O) groups excluding carboxylic acids is 1. The molecule has 0 aromatic heterocycles. The van der Waals surface area contributed by atoms with Crippen LogP contribution in [0.2, 0.25) is 0 Å². The number of benzene rings is 1. The molecule has 0 atom stereocenters. The molecular weight excluding hydrogens is 280 g/mol. The fraction of sp³-hybridized carbons (Fsp3) is 0.214. The fourth-order valence-corrected chi connectivity index (χ4v) is 1.05. The molecule has 0 fully saturated rings. The summed E-state index contributed by atoms with van der Waals surface area (Å²) in [5, 5.41) is 25.2. The van der Waals surface area contributed by atoms with E-state index in [1.165, 1.54) is 24.3 Å². The average molecular weight is 296 g/mol. The van der Waals surface area contributed by atoms with Gasteiger partial charge in [0.15, 0.2) is 0 Å². The van der Waals surface area contributed by atoms with Crippen molar-refractivity contribution in [2.75, 3.05) is 13.2 Å². The Morgan fingerprint density at radius 2 is 1.48 bits per heavy atom. The first-order valence-electron chi connectivity index (χ1n) is 5.89. The van der Waals surface area contributed by atoms with Gasteiger partial charge in [0.25, 0.3) is 0 Å². The Kier molecular flexibility index (Phi) is 8.87. The van der Waals surface area contributed by atoms with E-state index >= 15 is 0 Å². The molecule has 1 rings (SSSR count). The molecule has 0 spiro atoms. The van der Waals surface area contributed by atoms with E-state index in [1.807, 2.05) is 0 Å². The maximum Gasteiger partial charge on any atom is 0.335 e. The van der Waals surface area contributed by atoms with Gasteiger partial charge in [-0.1, -0.05) is 6.58 Å². The van der Waals surface area contributed by atoms with Crippen molar-refractivity contribution in [2.24, 2.45) is 0 Å². The first kappa shape index (κ1) is 18.3. The number of carboxylic acid groups (broad SMARTS) is 2. The molecular formula is C14H16O7. The van der Waals surface area contributed by atoms with Gasteiger partial charge in [-0.3, -0.25) is 0 Å². The van der Waals surface area contributed by atoms with E-state index in [1.54, 1.807) is 0 Å². The number of carbonyl (C=O) groups is 3. The van der Waals surface area contributed by atoms with E-state index in [4.69, 9.17) is 15.3 Å². The molecule has 7 heteroatoms. The third-order valence-corrected chi connectivity index (χ3v) is 2.09. The Morgan fingerprint density at radius 1 is 1.05 bits per heavy atom. The molecule has 0 aliphatic heterocycles. The van der Waals surface area contributed by atoms with Gasteiger partial charge in [0, 0.05) is 19.1 Å². The van der Waals surface area contributed by atoms with Crippen LogP contribution in [0.25, 0.3) is 0 Å². The van der Waals surface area contributed by atoms with E-state index in [2.05, 4.69) is 11.3 Å². The lowest BCUT2D eigenvalue weighted by atomic mass is 10.1. The zero-order chi connectivity index (χ0) is 16.3. The average Bonchev–Trinajstić information content (AvgIpc) is 2.48. The standard InChI is InChI=1S/C8H6O4.C6H10O3/c9-7(10)5-1-2-6(4-3-5)8(11)12;1-2-6(8)9-5-3-4-7/h1-4H,(H,9,10)(H,11,12);2,7H,1,3-5H2. The van der Waals surface area contributed by atoms with Gasteiger partial charge in [0.05, 0.1) is 17.7 Å². The SMILES string of the molecule is C=CC(=O)OCCCO.O=C(O)c1ccc(C(=O)O)cc1. The highest BCUT2D eigenvalue weighted by molar-refractivity contribution is 5.91. The number of aromatic carboxylic acids is 2. The van der Waals surface area contributed by atoms with Crippen LogP contribution in [-0.4, -0.2) is 46.4 Å². The van der Waals surface area contributed by atoms with E-state index < -0.39 is 17.9 Å². The molecule has 0 saturated heterocycles. The van der Waals surface area contributed by atoms with Crippen LogP contribution < -0.4 is 0 Å². The smallest absolute Gasteiger partial charge is 0.335 e. The van der Waals surface area contributed by atoms with Gasteiger partial charge in [-0.15, -0.1) is 0 Å². The summed E-state index contributed by atoms with van der Waals surface area (Å²) in [6.07, 6.45) is 1.58. The van der Waals surface area contributed by atoms with Crippen LogP contribution in [0.15, 0.2) is 36.9 Å². The maximum absolute atomic E-state index is 10.3. The minimum absolute atomic E-state index is 0.0461. The van der Waals surface area contributed by atoms with E-state index in [-0.39, 0.29) is 24.3 Å². The van der Waals surface area contributed by atoms with Crippen LogP contribution in [0.3, 0.4) is 0 Å². The molecule has 0 aliphatic rings. The molecule has 0 radical (unpaired) electrons. The van der Waals surface area contributed by atoms with Crippen molar-refractivity contribution < 1.29 is 34.4 Å². The number of ether oxygens (including phenoxy) is 1. The van der Waals surface area contributed by atoms with Gasteiger partial charge in [-0.2, -0.15) is 0 Å². The molecule has 0 aliphatic carbocycles. The van der Waals surface area contributed by atoms with Crippen molar-refractivity contribution >= 4 is 17.9 Å². The molecule has 21 heavy (non-hydrogen) atoms. The number of esters is 1. The molecule has 0 amide bonds. The van der Waals surface area contributed by atoms with Crippen LogP contribution >= 0.6 is 0 Å². The number of aliphatic hydroxyl groups is 1. The van der Waals surface area contributed by atoms with Gasteiger partial charge >= 0.3 is 17.9 Å². The summed E-state index contributed by atoms with van der Waals surface area (Å²) < 4.78 is 4.51. The lowest BCUT2D eigenvalue weighted by Crippen LogP contribution is -2.02. The molecule has 0 unspecified atom stereocenters. The summed E-state index contributed by atoms with van der Waals surface area (Å²) >= 11 is 0. The van der Waals surface area contributed by atoms with Crippen LogP contribution in [0.1, 0.15) is 27.1 Å². The lowest BCUT2D eigenvalue weighted by Gasteiger charge is -1.96. The van der Waals surface area contributed by atoms with Crippen molar-refractivity contribution in [3.63, 3.8) is 0 Å². The van der Waals surface area contributed by atoms with Crippen LogP contribution in [0, 0.1) is 0 Å². The largest absolute Gasteiger partial charge is 0.478 e. The maximum atomic E-state index is 10.3. The Morgan fingerprint density at radius 3 is 1.76 bits per heavy atom. The highest BCUT2D eigenvalue weighted by Gasteiger charge is 2.04. The number of carboxylic acids is 2. The Balaban J connectivity index is 0.000000400. The summed E-state index contributed by atoms with van der Waals surface area (Å²) in [7, 11) is 0. The lowest BCUT2D eigenvalue weighted by molar-refractivity contribution is -0.137. The van der Waals surface area contributed by atoms with Crippen molar-refractivity contribution in [1.82, 2.24) is 0 Å². The topological polar surface area (TPSA) is 121 Å².